The number of carbonyl (C=O) groups is 1. The largest absolute Gasteiger partial charge is 0.504 e. The quantitative estimate of drug-likeness (QED) is 0.480. The highest BCUT2D eigenvalue weighted by Crippen LogP contribution is 2.37. The lowest BCUT2D eigenvalue weighted by Gasteiger charge is -2.13. The minimum Gasteiger partial charge on any atom is -0.504 e. The van der Waals surface area contributed by atoms with Crippen LogP contribution in [0.2, 0.25) is 0 Å². The molecule has 0 amide bonds. The number of non-ortho nitro benzene ring substituents is 1. The summed E-state index contributed by atoms with van der Waals surface area (Å²) >= 11 is 0. The van der Waals surface area contributed by atoms with Crippen molar-refractivity contribution in [2.75, 3.05) is 14.2 Å². The SMILES string of the molecule is COC(=O)[C@@H](N)c1cc([N+](=O)[O-])cc(OC)c1O.Cl. The van der Waals surface area contributed by atoms with Gasteiger partial charge in [0.05, 0.1) is 25.2 Å². The van der Waals surface area contributed by atoms with E-state index < -0.39 is 22.7 Å². The first-order valence-corrected chi connectivity index (χ1v) is 4.81. The molecule has 1 aromatic carbocycles. The van der Waals surface area contributed by atoms with Crippen LogP contribution in [0.15, 0.2) is 12.1 Å². The van der Waals surface area contributed by atoms with Crippen LogP contribution in [0.25, 0.3) is 0 Å². The summed E-state index contributed by atoms with van der Waals surface area (Å²) in [6.45, 7) is 0. The van der Waals surface area contributed by atoms with Gasteiger partial charge in [0.25, 0.3) is 5.69 Å². The van der Waals surface area contributed by atoms with Crippen LogP contribution >= 0.6 is 12.4 Å². The van der Waals surface area contributed by atoms with Crippen LogP contribution in [-0.2, 0) is 9.53 Å². The molecule has 9 heteroatoms. The predicted molar refractivity (Wildman–Crippen MR) is 67.5 cm³/mol. The summed E-state index contributed by atoms with van der Waals surface area (Å²) in [4.78, 5) is 21.3. The molecule has 0 radical (unpaired) electrons. The third-order valence-electron chi connectivity index (χ3n) is 2.31. The van der Waals surface area contributed by atoms with E-state index >= 15 is 0 Å². The average Bonchev–Trinajstić information content (AvgIpc) is 2.36. The Morgan fingerprint density at radius 1 is 1.47 bits per heavy atom. The fourth-order valence-electron chi connectivity index (χ4n) is 1.37. The maximum atomic E-state index is 11.3. The van der Waals surface area contributed by atoms with Crippen LogP contribution in [0.1, 0.15) is 11.6 Å². The van der Waals surface area contributed by atoms with Crippen LogP contribution < -0.4 is 10.5 Å². The highest BCUT2D eigenvalue weighted by Gasteiger charge is 2.25. The molecular formula is C10H13ClN2O6. The molecule has 0 aromatic heterocycles. The molecule has 0 heterocycles. The van der Waals surface area contributed by atoms with E-state index in [1.165, 1.54) is 7.11 Å². The van der Waals surface area contributed by atoms with Crippen LogP contribution in [0.5, 0.6) is 11.5 Å². The summed E-state index contributed by atoms with van der Waals surface area (Å²) in [6.07, 6.45) is 0. The van der Waals surface area contributed by atoms with E-state index in [4.69, 9.17) is 10.5 Å². The molecule has 0 unspecified atom stereocenters. The third kappa shape index (κ3) is 3.46. The van der Waals surface area contributed by atoms with Gasteiger partial charge in [0.15, 0.2) is 11.5 Å². The summed E-state index contributed by atoms with van der Waals surface area (Å²) in [5, 5.41) is 20.5. The second kappa shape index (κ2) is 6.76. The number of nitro benzene ring substituents is 1. The summed E-state index contributed by atoms with van der Waals surface area (Å²) in [6, 6.07) is 0.700. The molecule has 0 fully saturated rings. The van der Waals surface area contributed by atoms with Gasteiger partial charge in [-0.15, -0.1) is 12.4 Å². The van der Waals surface area contributed by atoms with Crippen molar-refractivity contribution >= 4 is 24.1 Å². The van der Waals surface area contributed by atoms with Gasteiger partial charge in [-0.2, -0.15) is 0 Å². The highest BCUT2D eigenvalue weighted by molar-refractivity contribution is 5.85. The van der Waals surface area contributed by atoms with Gasteiger partial charge in [0, 0.05) is 11.6 Å². The topological polar surface area (TPSA) is 125 Å². The molecule has 0 saturated heterocycles. The molecule has 106 valence electrons. The Hall–Kier alpha value is -2.06. The molecule has 3 N–H and O–H groups in total. The predicted octanol–water partition coefficient (Wildman–Crippen LogP) is 0.904. The Balaban J connectivity index is 0.00000324. The lowest BCUT2D eigenvalue weighted by molar-refractivity contribution is -0.385. The van der Waals surface area contributed by atoms with E-state index in [-0.39, 0.29) is 29.4 Å². The third-order valence-corrected chi connectivity index (χ3v) is 2.31. The molecule has 0 aliphatic heterocycles. The number of carbonyl (C=O) groups excluding carboxylic acids is 1. The van der Waals surface area contributed by atoms with Gasteiger partial charge in [-0.3, -0.25) is 14.9 Å². The van der Waals surface area contributed by atoms with Crippen LogP contribution in [0, 0.1) is 10.1 Å². The van der Waals surface area contributed by atoms with E-state index in [9.17, 15) is 20.0 Å². The number of methoxy groups -OCH3 is 2. The lowest BCUT2D eigenvalue weighted by atomic mass is 10.0. The van der Waals surface area contributed by atoms with Gasteiger partial charge < -0.3 is 20.3 Å². The first-order chi connectivity index (χ1) is 8.42. The molecule has 1 aromatic rings. The molecular weight excluding hydrogens is 280 g/mol. The number of halogens is 1. The zero-order valence-electron chi connectivity index (χ0n) is 10.2. The monoisotopic (exact) mass is 292 g/mol. The van der Waals surface area contributed by atoms with Gasteiger partial charge >= 0.3 is 5.97 Å². The number of rotatable bonds is 4. The number of phenolic OH excluding ortho intramolecular Hbond substituents is 1. The lowest BCUT2D eigenvalue weighted by Crippen LogP contribution is -2.22. The molecule has 8 nitrogen and oxygen atoms in total. The number of aromatic hydroxyl groups is 1. The maximum absolute atomic E-state index is 11.3. The highest BCUT2D eigenvalue weighted by atomic mass is 35.5. The Labute approximate surface area is 114 Å². The zero-order chi connectivity index (χ0) is 13.9. The van der Waals surface area contributed by atoms with E-state index in [0.29, 0.717) is 0 Å². The number of hydrogen-bond acceptors (Lipinski definition) is 7. The number of phenols is 1. The molecule has 0 saturated carbocycles. The van der Waals surface area contributed by atoms with Crippen molar-refractivity contribution in [2.45, 2.75) is 6.04 Å². The summed E-state index contributed by atoms with van der Waals surface area (Å²) in [5.74, 6) is -1.40. The average molecular weight is 293 g/mol. The number of benzene rings is 1. The maximum Gasteiger partial charge on any atom is 0.327 e. The number of nitro groups is 1. The first kappa shape index (κ1) is 16.9. The van der Waals surface area contributed by atoms with Gasteiger partial charge in [0.1, 0.15) is 6.04 Å². The normalized spacial score (nSPS) is 11.1. The number of ether oxygens (including phenoxy) is 2. The van der Waals surface area contributed by atoms with Crippen molar-refractivity contribution in [1.82, 2.24) is 0 Å². The van der Waals surface area contributed by atoms with Crippen LogP contribution in [0.3, 0.4) is 0 Å². The Morgan fingerprint density at radius 3 is 2.47 bits per heavy atom. The first-order valence-electron chi connectivity index (χ1n) is 4.81. The van der Waals surface area contributed by atoms with Crippen molar-refractivity contribution in [3.05, 3.63) is 27.8 Å². The molecule has 19 heavy (non-hydrogen) atoms. The number of nitrogens with two attached hydrogens (primary N) is 1. The summed E-state index contributed by atoms with van der Waals surface area (Å²) in [5.41, 5.74) is 5.05. The van der Waals surface area contributed by atoms with Crippen molar-refractivity contribution in [3.63, 3.8) is 0 Å². The van der Waals surface area contributed by atoms with E-state index in [0.717, 1.165) is 19.2 Å². The van der Waals surface area contributed by atoms with Crippen LogP contribution in [-0.4, -0.2) is 30.2 Å². The van der Waals surface area contributed by atoms with E-state index in [2.05, 4.69) is 4.74 Å². The van der Waals surface area contributed by atoms with Crippen molar-refractivity contribution in [1.29, 1.82) is 0 Å². The minimum absolute atomic E-state index is 0. The number of esters is 1. The Kier molecular flexibility index (Phi) is 6.03. The zero-order valence-corrected chi connectivity index (χ0v) is 11.0. The standard InChI is InChI=1S/C10H12N2O6.ClH/c1-17-7-4-5(12(15)16)3-6(9(7)13)8(11)10(14)18-2;/h3-4,8,13H,11H2,1-2H3;1H/t8-;/m0./s1. The fourth-order valence-corrected chi connectivity index (χ4v) is 1.37. The molecule has 1 atom stereocenters. The minimum atomic E-state index is -1.33. The fraction of sp³-hybridized carbons (Fsp3) is 0.300. The van der Waals surface area contributed by atoms with Crippen LogP contribution in [0.4, 0.5) is 5.69 Å². The molecule has 0 bridgehead atoms. The number of nitrogens with zero attached hydrogens (tertiary/aromatic N) is 1. The van der Waals surface area contributed by atoms with Crippen molar-refractivity contribution in [3.8, 4) is 11.5 Å². The number of hydrogen-bond donors (Lipinski definition) is 2. The summed E-state index contributed by atoms with van der Waals surface area (Å²) < 4.78 is 9.19. The Morgan fingerprint density at radius 2 is 2.05 bits per heavy atom. The molecule has 0 aliphatic carbocycles. The Bertz CT molecular complexity index is 493. The van der Waals surface area contributed by atoms with E-state index in [1.807, 2.05) is 0 Å². The van der Waals surface area contributed by atoms with Crippen molar-refractivity contribution < 1.29 is 24.3 Å². The van der Waals surface area contributed by atoms with Gasteiger partial charge in [-0.05, 0) is 0 Å². The molecule has 0 spiro atoms. The second-order valence-corrected chi connectivity index (χ2v) is 3.34. The molecule has 0 aliphatic rings. The van der Waals surface area contributed by atoms with E-state index in [1.54, 1.807) is 0 Å². The van der Waals surface area contributed by atoms with Gasteiger partial charge in [0.2, 0.25) is 0 Å². The van der Waals surface area contributed by atoms with Crippen molar-refractivity contribution in [2.24, 2.45) is 5.73 Å². The second-order valence-electron chi connectivity index (χ2n) is 3.34. The summed E-state index contributed by atoms with van der Waals surface area (Å²) in [7, 11) is 2.35. The smallest absolute Gasteiger partial charge is 0.327 e. The molecule has 1 rings (SSSR count). The van der Waals surface area contributed by atoms with Gasteiger partial charge in [-0.1, -0.05) is 0 Å². The van der Waals surface area contributed by atoms with Gasteiger partial charge in [-0.25, -0.2) is 0 Å².